The van der Waals surface area contributed by atoms with Crippen molar-refractivity contribution in [3.05, 3.63) is 83.6 Å². The van der Waals surface area contributed by atoms with Crippen molar-refractivity contribution in [3.63, 3.8) is 0 Å². The molecule has 0 saturated heterocycles. The van der Waals surface area contributed by atoms with Gasteiger partial charge in [-0.15, -0.1) is 0 Å². The highest BCUT2D eigenvalue weighted by Crippen LogP contribution is 2.51. The van der Waals surface area contributed by atoms with Gasteiger partial charge in [-0.05, 0) is 87.9 Å². The predicted octanol–water partition coefficient (Wildman–Crippen LogP) is 3.99. The van der Waals surface area contributed by atoms with Gasteiger partial charge in [0, 0.05) is 73.4 Å². The van der Waals surface area contributed by atoms with Gasteiger partial charge in [0.25, 0.3) is 10.1 Å². The van der Waals surface area contributed by atoms with E-state index in [1.165, 1.54) is 24.3 Å². The quantitative estimate of drug-likeness (QED) is 0.0418. The van der Waals surface area contributed by atoms with Crippen LogP contribution < -0.4 is 4.90 Å². The number of anilines is 1. The number of rotatable bonds is 37. The molecule has 2 heterocycles. The second-order valence-corrected chi connectivity index (χ2v) is 23.8. The Kier molecular flexibility index (Phi) is 24.5. The van der Waals surface area contributed by atoms with Crippen molar-refractivity contribution >= 4 is 63.5 Å². The summed E-state index contributed by atoms with van der Waals surface area (Å²) in [7, 11) is -17.3. The highest BCUT2D eigenvalue weighted by atomic mass is 32.2. The Morgan fingerprint density at radius 1 is 0.649 bits per heavy atom. The lowest BCUT2D eigenvalue weighted by molar-refractivity contribution is -0.437. The largest absolute Gasteiger partial charge is 0.748 e. The summed E-state index contributed by atoms with van der Waals surface area (Å²) in [6, 6.07) is 7.82. The molecule has 74 heavy (non-hydrogen) atoms. The summed E-state index contributed by atoms with van der Waals surface area (Å²) >= 11 is 0. The summed E-state index contributed by atoms with van der Waals surface area (Å²) in [5, 5.41) is 9.23. The molecular formula is C48H68N2O20S4-2. The second-order valence-electron chi connectivity index (χ2n) is 17.9. The first-order valence-electron chi connectivity index (χ1n) is 24.0. The van der Waals surface area contributed by atoms with E-state index in [9.17, 15) is 61.8 Å². The van der Waals surface area contributed by atoms with E-state index in [4.69, 9.17) is 28.4 Å². The predicted molar refractivity (Wildman–Crippen MR) is 269 cm³/mol. The molecular weight excluding hydrogens is 1050 g/mol. The molecule has 2 aromatic carbocycles. The van der Waals surface area contributed by atoms with Gasteiger partial charge < -0.3 is 52.1 Å². The highest BCUT2D eigenvalue weighted by molar-refractivity contribution is 7.86. The van der Waals surface area contributed by atoms with Crippen molar-refractivity contribution in [1.82, 2.24) is 0 Å². The molecule has 0 bridgehead atoms. The summed E-state index contributed by atoms with van der Waals surface area (Å²) in [5.41, 5.74) is 0.829. The number of nitrogens with zero attached hydrogens (tertiary/aromatic N) is 2. The second kappa shape index (κ2) is 28.9. The summed E-state index contributed by atoms with van der Waals surface area (Å²) in [6.45, 7) is 7.89. The molecule has 22 nitrogen and oxygen atoms in total. The van der Waals surface area contributed by atoms with Gasteiger partial charge in [-0.2, -0.15) is 13.0 Å². The maximum Gasteiger partial charge on any atom is 0.303 e. The van der Waals surface area contributed by atoms with Crippen LogP contribution in [0.3, 0.4) is 0 Å². The minimum atomic E-state index is -4.97. The zero-order valence-corrected chi connectivity index (χ0v) is 45.2. The van der Waals surface area contributed by atoms with Crippen molar-refractivity contribution in [1.29, 1.82) is 0 Å². The summed E-state index contributed by atoms with van der Waals surface area (Å²) < 4.78 is 176. The van der Waals surface area contributed by atoms with Crippen molar-refractivity contribution in [2.45, 2.75) is 85.8 Å². The molecule has 0 radical (unpaired) electrons. The van der Waals surface area contributed by atoms with Crippen molar-refractivity contribution in [2.75, 3.05) is 109 Å². The number of carboxylic acid groups (broad SMARTS) is 1. The molecule has 0 aliphatic carbocycles. The van der Waals surface area contributed by atoms with Gasteiger partial charge >= 0.3 is 5.97 Å². The Labute approximate surface area is 435 Å². The smallest absolute Gasteiger partial charge is 0.303 e. The Balaban J connectivity index is 1.63. The number of ether oxygens (including phenoxy) is 6. The SMILES string of the molecule is COCCOCCOCCOCCOCCOCCC1(C)C(=CC=CC=CC2=[N+](CCCS(=O)(=O)O)c3ccc(S(=O)(=O)[O-])cc3C2(C)CCCS(=O)(=O)[O-])N(CCCCCC(=O)O)c2ccc(S(=O)(=O)[O-])cc21. The maximum absolute atomic E-state index is 12.4. The number of unbranched alkanes of at least 4 members (excludes halogenated alkanes) is 2. The number of carbonyl (C=O) groups is 1. The van der Waals surface area contributed by atoms with Crippen LogP contribution in [0.25, 0.3) is 0 Å². The molecule has 2 atom stereocenters. The van der Waals surface area contributed by atoms with Crippen LogP contribution in [0.5, 0.6) is 0 Å². The number of benzene rings is 2. The lowest BCUT2D eigenvalue weighted by Crippen LogP contribution is -2.32. The Morgan fingerprint density at radius 3 is 1.74 bits per heavy atom. The maximum atomic E-state index is 12.4. The van der Waals surface area contributed by atoms with Crippen LogP contribution in [0.4, 0.5) is 11.4 Å². The Hall–Kier alpha value is -4.00. The minimum absolute atomic E-state index is 0.0166. The zero-order valence-electron chi connectivity index (χ0n) is 41.9. The van der Waals surface area contributed by atoms with Gasteiger partial charge in [-0.25, -0.2) is 25.3 Å². The fraction of sp³-hybridized carbons (Fsp3) is 0.583. The van der Waals surface area contributed by atoms with Crippen LogP contribution in [-0.2, 0) is 84.5 Å². The number of fused-ring (bicyclic) bond motifs is 2. The van der Waals surface area contributed by atoms with Crippen LogP contribution in [0, 0.1) is 0 Å². The number of allylic oxidation sites excluding steroid dienone is 6. The van der Waals surface area contributed by atoms with E-state index in [0.29, 0.717) is 119 Å². The van der Waals surface area contributed by atoms with Gasteiger partial charge in [0.1, 0.15) is 26.8 Å². The van der Waals surface area contributed by atoms with E-state index < -0.39 is 78.6 Å². The lowest BCUT2D eigenvalue weighted by atomic mass is 9.76. The van der Waals surface area contributed by atoms with Crippen molar-refractivity contribution in [2.24, 2.45) is 0 Å². The van der Waals surface area contributed by atoms with Crippen LogP contribution in [0.15, 0.2) is 82.3 Å². The first kappa shape index (κ1) is 62.5. The van der Waals surface area contributed by atoms with E-state index in [1.807, 2.05) is 11.8 Å². The van der Waals surface area contributed by atoms with Gasteiger partial charge in [0.15, 0.2) is 5.71 Å². The third-order valence-corrected chi connectivity index (χ3v) is 15.8. The normalized spacial score (nSPS) is 18.9. The van der Waals surface area contributed by atoms with Gasteiger partial charge in [-0.1, -0.05) is 24.6 Å². The molecule has 2 aliphatic heterocycles. The number of hydrogen-bond acceptors (Lipinski definition) is 19. The number of aliphatic carboxylic acids is 1. The van der Waals surface area contributed by atoms with E-state index in [0.717, 1.165) is 6.07 Å². The molecule has 0 fully saturated rings. The number of methoxy groups -OCH3 is 1. The molecule has 4 rings (SSSR count). The van der Waals surface area contributed by atoms with Crippen molar-refractivity contribution in [3.8, 4) is 0 Å². The van der Waals surface area contributed by atoms with Crippen molar-refractivity contribution < 1.29 is 94.8 Å². The molecule has 2 N–H and O–H groups in total. The third-order valence-electron chi connectivity index (χ3n) is 12.5. The number of carboxylic acids is 1. The minimum Gasteiger partial charge on any atom is -0.748 e. The Morgan fingerprint density at radius 2 is 1.20 bits per heavy atom. The van der Waals surface area contributed by atoms with Crippen LogP contribution in [-0.4, -0.2) is 178 Å². The summed E-state index contributed by atoms with van der Waals surface area (Å²) in [5.74, 6) is -2.30. The Bertz CT molecular complexity index is 2780. The van der Waals surface area contributed by atoms with E-state index in [-0.39, 0.29) is 52.0 Å². The number of hydrogen-bond donors (Lipinski definition) is 2. The molecule has 416 valence electrons. The first-order chi connectivity index (χ1) is 34.8. The third kappa shape index (κ3) is 19.5. The van der Waals surface area contributed by atoms with Gasteiger partial charge in [0.05, 0.1) is 97.1 Å². The highest BCUT2D eigenvalue weighted by Gasteiger charge is 2.48. The summed E-state index contributed by atoms with van der Waals surface area (Å²) in [6.07, 6.45) is 9.98. The fourth-order valence-electron chi connectivity index (χ4n) is 8.87. The average Bonchev–Trinajstić information content (AvgIpc) is 3.67. The molecule has 2 unspecified atom stereocenters. The van der Waals surface area contributed by atoms with E-state index >= 15 is 0 Å². The van der Waals surface area contributed by atoms with Crippen LogP contribution >= 0.6 is 0 Å². The van der Waals surface area contributed by atoms with Gasteiger partial charge in [-0.3, -0.25) is 9.35 Å². The standard InChI is InChI=1S/C48H70N2O20S4/c1-47(19-10-34-71(53,54)55)40-36-38(73(59,60)61)15-17-42(40)50(22-11-35-72(56,57)58)44(47)12-6-4-7-13-45-48(2,20-23-66-26-27-68-30-31-70-33-32-69-29-28-67-25-24-65-3)41-37-39(74(62,63)64)16-18-43(41)49(45)21-9-5-8-14-46(51)52/h4,6-7,12-13,15-18,36-37H,5,8-11,14,19-35H2,1-3H3,(H4-,51,52,53,54,55,56,57,58,59,60,61,62,63,64)/p-2. The van der Waals surface area contributed by atoms with E-state index in [1.54, 1.807) is 55.1 Å². The van der Waals surface area contributed by atoms with Crippen LogP contribution in [0.2, 0.25) is 0 Å². The molecule has 0 aromatic heterocycles. The monoisotopic (exact) mass is 1120 g/mol. The molecule has 0 amide bonds. The van der Waals surface area contributed by atoms with E-state index in [2.05, 4.69) is 0 Å². The average molecular weight is 1120 g/mol. The molecule has 0 saturated carbocycles. The molecule has 2 aromatic rings. The van der Waals surface area contributed by atoms with Gasteiger partial charge in [0.2, 0.25) is 5.69 Å². The molecule has 0 spiro atoms. The topological polar surface area (TPSA) is 325 Å². The first-order valence-corrected chi connectivity index (χ1v) is 30.0. The van der Waals surface area contributed by atoms with Crippen LogP contribution in [0.1, 0.15) is 76.3 Å². The summed E-state index contributed by atoms with van der Waals surface area (Å²) in [4.78, 5) is 12.3. The fourth-order valence-corrected chi connectivity index (χ4v) is 10.9. The zero-order chi connectivity index (χ0) is 54.6. The molecule has 26 heteroatoms. The molecule has 2 aliphatic rings. The lowest BCUT2D eigenvalue weighted by Gasteiger charge is -2.30.